The van der Waals surface area contributed by atoms with Crippen LogP contribution in [0.25, 0.3) is 0 Å². The fourth-order valence-corrected chi connectivity index (χ4v) is 2.27. The zero-order valence-electron chi connectivity index (χ0n) is 10.2. The van der Waals surface area contributed by atoms with Crippen molar-refractivity contribution in [2.45, 2.75) is 13.0 Å². The quantitative estimate of drug-likeness (QED) is 0.736. The molecule has 5 heteroatoms. The third-order valence-electron chi connectivity index (χ3n) is 3.50. The Kier molecular flexibility index (Phi) is 2.94. The van der Waals surface area contributed by atoms with Gasteiger partial charge in [0.05, 0.1) is 19.3 Å². The fraction of sp³-hybridized carbons (Fsp3) is 0.667. The van der Waals surface area contributed by atoms with Crippen LogP contribution in [0, 0.1) is 6.92 Å². The molecule has 2 saturated heterocycles. The Morgan fingerprint density at radius 1 is 1.12 bits per heavy atom. The maximum absolute atomic E-state index is 5.23. The van der Waals surface area contributed by atoms with E-state index in [1.165, 1.54) is 0 Å². The van der Waals surface area contributed by atoms with E-state index in [4.69, 9.17) is 4.74 Å². The molecule has 0 amide bonds. The predicted molar refractivity (Wildman–Crippen MR) is 65.2 cm³/mol. The van der Waals surface area contributed by atoms with Crippen LogP contribution in [0.1, 0.15) is 5.56 Å². The monoisotopic (exact) mass is 234 g/mol. The van der Waals surface area contributed by atoms with Gasteiger partial charge in [0, 0.05) is 38.6 Å². The molecular weight excluding hydrogens is 216 g/mol. The van der Waals surface area contributed by atoms with Gasteiger partial charge in [-0.05, 0) is 12.5 Å². The molecule has 0 unspecified atom stereocenters. The number of hydrogen-bond acceptors (Lipinski definition) is 5. The lowest BCUT2D eigenvalue weighted by Gasteiger charge is -2.42. The maximum Gasteiger partial charge on any atom is 0.225 e. The summed E-state index contributed by atoms with van der Waals surface area (Å²) in [5, 5.41) is 0. The first kappa shape index (κ1) is 10.9. The van der Waals surface area contributed by atoms with Crippen LogP contribution in [-0.4, -0.2) is 60.3 Å². The maximum atomic E-state index is 5.23. The van der Waals surface area contributed by atoms with Gasteiger partial charge in [-0.3, -0.25) is 4.90 Å². The van der Waals surface area contributed by atoms with Crippen LogP contribution in [-0.2, 0) is 4.74 Å². The minimum absolute atomic E-state index is 0.649. The average Bonchev–Trinajstić information content (AvgIpc) is 2.29. The highest BCUT2D eigenvalue weighted by molar-refractivity contribution is 5.30. The van der Waals surface area contributed by atoms with Crippen LogP contribution < -0.4 is 4.90 Å². The molecule has 0 aromatic carbocycles. The molecule has 0 bridgehead atoms. The molecule has 3 rings (SSSR count). The van der Waals surface area contributed by atoms with Gasteiger partial charge in [-0.15, -0.1) is 0 Å². The van der Waals surface area contributed by atoms with Gasteiger partial charge in [0.2, 0.25) is 5.95 Å². The van der Waals surface area contributed by atoms with Gasteiger partial charge in [0.1, 0.15) is 0 Å². The number of hydrogen-bond donors (Lipinski definition) is 0. The van der Waals surface area contributed by atoms with Gasteiger partial charge in [0.25, 0.3) is 0 Å². The van der Waals surface area contributed by atoms with Crippen molar-refractivity contribution in [1.82, 2.24) is 14.9 Å². The summed E-state index contributed by atoms with van der Waals surface area (Å²) in [6.45, 7) is 8.02. The Hall–Kier alpha value is -1.20. The number of anilines is 1. The first-order valence-corrected chi connectivity index (χ1v) is 6.18. The second-order valence-corrected chi connectivity index (χ2v) is 4.77. The van der Waals surface area contributed by atoms with Crippen molar-refractivity contribution in [1.29, 1.82) is 0 Å². The zero-order chi connectivity index (χ0) is 11.7. The van der Waals surface area contributed by atoms with Crippen molar-refractivity contribution < 1.29 is 4.74 Å². The van der Waals surface area contributed by atoms with E-state index in [0.29, 0.717) is 6.04 Å². The normalized spacial score (nSPS) is 22.5. The predicted octanol–water partition coefficient (Wildman–Crippen LogP) is 0.306. The van der Waals surface area contributed by atoms with Gasteiger partial charge >= 0.3 is 0 Å². The minimum Gasteiger partial charge on any atom is -0.378 e. The Morgan fingerprint density at radius 2 is 1.76 bits per heavy atom. The van der Waals surface area contributed by atoms with Crippen molar-refractivity contribution in [3.8, 4) is 0 Å². The summed E-state index contributed by atoms with van der Waals surface area (Å²) in [6, 6.07) is 0.649. The van der Waals surface area contributed by atoms with E-state index in [-0.39, 0.29) is 0 Å². The summed E-state index contributed by atoms with van der Waals surface area (Å²) in [4.78, 5) is 13.5. The molecule has 1 aromatic heterocycles. The van der Waals surface area contributed by atoms with Gasteiger partial charge in [-0.25, -0.2) is 9.97 Å². The summed E-state index contributed by atoms with van der Waals surface area (Å²) < 4.78 is 5.23. The van der Waals surface area contributed by atoms with Gasteiger partial charge < -0.3 is 9.64 Å². The fourth-order valence-electron chi connectivity index (χ4n) is 2.27. The summed E-state index contributed by atoms with van der Waals surface area (Å²) in [5.74, 6) is 0.861. The lowest BCUT2D eigenvalue weighted by molar-refractivity contribution is -0.0661. The largest absolute Gasteiger partial charge is 0.378 e. The zero-order valence-corrected chi connectivity index (χ0v) is 10.2. The summed E-state index contributed by atoms with van der Waals surface area (Å²) in [5.41, 5.74) is 1.11. The van der Waals surface area contributed by atoms with Crippen LogP contribution in [0.3, 0.4) is 0 Å². The standard InChI is InChI=1S/C12H18N4O/c1-10-6-13-12(14-7-10)16-4-2-15(3-5-16)11-8-17-9-11/h6-7,11H,2-5,8-9H2,1H3. The number of ether oxygens (including phenoxy) is 1. The smallest absolute Gasteiger partial charge is 0.225 e. The summed E-state index contributed by atoms with van der Waals surface area (Å²) in [7, 11) is 0. The molecule has 2 aliphatic rings. The van der Waals surface area contributed by atoms with Crippen molar-refractivity contribution in [2.75, 3.05) is 44.3 Å². The molecule has 0 atom stereocenters. The van der Waals surface area contributed by atoms with E-state index < -0.39 is 0 Å². The lowest BCUT2D eigenvalue weighted by Crippen LogP contribution is -2.56. The van der Waals surface area contributed by atoms with Crippen molar-refractivity contribution >= 4 is 5.95 Å². The van der Waals surface area contributed by atoms with Gasteiger partial charge in [-0.2, -0.15) is 0 Å². The second-order valence-electron chi connectivity index (χ2n) is 4.77. The molecule has 2 aliphatic heterocycles. The molecule has 0 aliphatic carbocycles. The highest BCUT2D eigenvalue weighted by Crippen LogP contribution is 2.15. The number of aryl methyl sites for hydroxylation is 1. The molecule has 0 N–H and O–H groups in total. The Labute approximate surface area is 101 Å². The lowest BCUT2D eigenvalue weighted by atomic mass is 10.2. The molecule has 0 radical (unpaired) electrons. The third-order valence-corrected chi connectivity index (χ3v) is 3.50. The van der Waals surface area contributed by atoms with E-state index in [9.17, 15) is 0 Å². The number of rotatable bonds is 2. The molecular formula is C12H18N4O. The van der Waals surface area contributed by atoms with Crippen LogP contribution in [0.4, 0.5) is 5.95 Å². The highest BCUT2D eigenvalue weighted by atomic mass is 16.5. The van der Waals surface area contributed by atoms with E-state index in [1.807, 2.05) is 19.3 Å². The molecule has 0 saturated carbocycles. The third kappa shape index (κ3) is 2.25. The van der Waals surface area contributed by atoms with E-state index in [0.717, 1.165) is 50.9 Å². The molecule has 0 spiro atoms. The molecule has 17 heavy (non-hydrogen) atoms. The van der Waals surface area contributed by atoms with Gasteiger partial charge in [0.15, 0.2) is 0 Å². The molecule has 5 nitrogen and oxygen atoms in total. The first-order chi connectivity index (χ1) is 8.33. The Bertz CT molecular complexity index is 369. The Balaban J connectivity index is 1.58. The van der Waals surface area contributed by atoms with Crippen LogP contribution in [0.5, 0.6) is 0 Å². The molecule has 3 heterocycles. The first-order valence-electron chi connectivity index (χ1n) is 6.18. The van der Waals surface area contributed by atoms with E-state index in [2.05, 4.69) is 19.8 Å². The Morgan fingerprint density at radius 3 is 2.29 bits per heavy atom. The van der Waals surface area contributed by atoms with Crippen molar-refractivity contribution in [3.63, 3.8) is 0 Å². The van der Waals surface area contributed by atoms with Crippen molar-refractivity contribution in [3.05, 3.63) is 18.0 Å². The molecule has 2 fully saturated rings. The van der Waals surface area contributed by atoms with Crippen LogP contribution >= 0.6 is 0 Å². The van der Waals surface area contributed by atoms with E-state index >= 15 is 0 Å². The van der Waals surface area contributed by atoms with Crippen LogP contribution in [0.15, 0.2) is 12.4 Å². The number of piperazine rings is 1. The molecule has 92 valence electrons. The summed E-state index contributed by atoms with van der Waals surface area (Å²) in [6.07, 6.45) is 3.77. The number of aromatic nitrogens is 2. The minimum atomic E-state index is 0.649. The van der Waals surface area contributed by atoms with E-state index in [1.54, 1.807) is 0 Å². The van der Waals surface area contributed by atoms with Gasteiger partial charge in [-0.1, -0.05) is 0 Å². The SMILES string of the molecule is Cc1cnc(N2CCN(C3COC3)CC2)nc1. The highest BCUT2D eigenvalue weighted by Gasteiger charge is 2.29. The average molecular weight is 234 g/mol. The van der Waals surface area contributed by atoms with Crippen molar-refractivity contribution in [2.24, 2.45) is 0 Å². The summed E-state index contributed by atoms with van der Waals surface area (Å²) >= 11 is 0. The van der Waals surface area contributed by atoms with Crippen LogP contribution in [0.2, 0.25) is 0 Å². The topological polar surface area (TPSA) is 41.5 Å². The number of nitrogens with zero attached hydrogens (tertiary/aromatic N) is 4. The second kappa shape index (κ2) is 4.58. The molecule has 1 aromatic rings.